The first kappa shape index (κ1) is 15.8. The number of benzene rings is 1. The largest absolute Gasteiger partial charge is 0.466 e. The standard InChI is InChI=1S/C19H27NO/c1-6-9-16-10-8-11-17(12-16)19(20-7-2)18-13(3)14(4)21-15(18)5/h8,10-12,19-20H,6-7,9H2,1-5H3. The number of hydrogen-bond donors (Lipinski definition) is 1. The topological polar surface area (TPSA) is 25.2 Å². The van der Waals surface area contributed by atoms with Crippen molar-refractivity contribution in [1.82, 2.24) is 5.32 Å². The third-order valence-electron chi connectivity index (χ3n) is 4.14. The molecule has 2 nitrogen and oxygen atoms in total. The molecule has 2 heteroatoms. The average molecular weight is 285 g/mol. The summed E-state index contributed by atoms with van der Waals surface area (Å²) in [5, 5.41) is 3.62. The molecule has 1 heterocycles. The van der Waals surface area contributed by atoms with Crippen LogP contribution < -0.4 is 5.32 Å². The molecule has 1 N–H and O–H groups in total. The maximum atomic E-state index is 5.83. The maximum Gasteiger partial charge on any atom is 0.106 e. The van der Waals surface area contributed by atoms with Gasteiger partial charge in [0.1, 0.15) is 11.5 Å². The molecule has 0 amide bonds. The molecule has 0 saturated heterocycles. The fourth-order valence-electron chi connectivity index (χ4n) is 3.04. The number of hydrogen-bond acceptors (Lipinski definition) is 2. The molecule has 1 aromatic heterocycles. The molecule has 0 aliphatic heterocycles. The van der Waals surface area contributed by atoms with Crippen molar-refractivity contribution in [2.24, 2.45) is 0 Å². The van der Waals surface area contributed by atoms with Crippen LogP contribution >= 0.6 is 0 Å². The Balaban J connectivity index is 2.45. The van der Waals surface area contributed by atoms with Crippen molar-refractivity contribution in [3.63, 3.8) is 0 Å². The Morgan fingerprint density at radius 2 is 1.86 bits per heavy atom. The summed E-state index contributed by atoms with van der Waals surface area (Å²) in [4.78, 5) is 0. The molecule has 0 spiro atoms. The van der Waals surface area contributed by atoms with Crippen molar-refractivity contribution in [1.29, 1.82) is 0 Å². The van der Waals surface area contributed by atoms with E-state index in [-0.39, 0.29) is 6.04 Å². The highest BCUT2D eigenvalue weighted by Gasteiger charge is 2.22. The Labute approximate surface area is 128 Å². The monoisotopic (exact) mass is 285 g/mol. The van der Waals surface area contributed by atoms with Gasteiger partial charge in [-0.05, 0) is 50.4 Å². The molecule has 2 aromatic rings. The van der Waals surface area contributed by atoms with Gasteiger partial charge in [-0.25, -0.2) is 0 Å². The number of nitrogens with one attached hydrogen (secondary N) is 1. The SMILES string of the molecule is CCCc1cccc(C(NCC)c2c(C)oc(C)c2C)c1. The van der Waals surface area contributed by atoms with Crippen LogP contribution in [0, 0.1) is 20.8 Å². The zero-order valence-electron chi connectivity index (χ0n) is 13.9. The molecule has 0 bridgehead atoms. The van der Waals surface area contributed by atoms with E-state index in [9.17, 15) is 0 Å². The van der Waals surface area contributed by atoms with Gasteiger partial charge in [-0.3, -0.25) is 0 Å². The molecule has 0 aliphatic carbocycles. The van der Waals surface area contributed by atoms with Gasteiger partial charge in [-0.1, -0.05) is 44.5 Å². The summed E-state index contributed by atoms with van der Waals surface area (Å²) in [7, 11) is 0. The van der Waals surface area contributed by atoms with Gasteiger partial charge in [0.05, 0.1) is 6.04 Å². The Bertz CT molecular complexity index is 598. The Morgan fingerprint density at radius 3 is 2.43 bits per heavy atom. The van der Waals surface area contributed by atoms with Gasteiger partial charge in [0.2, 0.25) is 0 Å². The molecule has 0 radical (unpaired) electrons. The normalized spacial score (nSPS) is 12.6. The molecule has 0 aliphatic rings. The van der Waals surface area contributed by atoms with Gasteiger partial charge in [0.25, 0.3) is 0 Å². The first-order valence-corrected chi connectivity index (χ1v) is 7.97. The van der Waals surface area contributed by atoms with Crippen LogP contribution in [0.4, 0.5) is 0 Å². The predicted molar refractivity (Wildman–Crippen MR) is 88.9 cm³/mol. The van der Waals surface area contributed by atoms with Crippen molar-refractivity contribution >= 4 is 0 Å². The molecule has 0 saturated carbocycles. The third kappa shape index (κ3) is 3.38. The molecule has 21 heavy (non-hydrogen) atoms. The van der Waals surface area contributed by atoms with E-state index in [2.05, 4.69) is 57.3 Å². The fourth-order valence-corrected chi connectivity index (χ4v) is 3.04. The lowest BCUT2D eigenvalue weighted by atomic mass is 9.93. The van der Waals surface area contributed by atoms with Crippen molar-refractivity contribution < 1.29 is 4.42 Å². The lowest BCUT2D eigenvalue weighted by Crippen LogP contribution is -2.23. The molecule has 2 rings (SSSR count). The second kappa shape index (κ2) is 6.95. The lowest BCUT2D eigenvalue weighted by molar-refractivity contribution is 0.494. The van der Waals surface area contributed by atoms with Gasteiger partial charge in [0, 0.05) is 5.56 Å². The molecule has 1 aromatic carbocycles. The highest BCUT2D eigenvalue weighted by Crippen LogP contribution is 2.31. The lowest BCUT2D eigenvalue weighted by Gasteiger charge is -2.20. The van der Waals surface area contributed by atoms with Crippen LogP contribution in [0.1, 0.15) is 60.1 Å². The minimum atomic E-state index is 0.212. The Hall–Kier alpha value is -1.54. The molecule has 1 unspecified atom stereocenters. The fraction of sp³-hybridized carbons (Fsp3) is 0.474. The van der Waals surface area contributed by atoms with Crippen LogP contribution in [0.2, 0.25) is 0 Å². The zero-order valence-corrected chi connectivity index (χ0v) is 13.9. The van der Waals surface area contributed by atoms with Gasteiger partial charge in [-0.2, -0.15) is 0 Å². The van der Waals surface area contributed by atoms with Gasteiger partial charge in [-0.15, -0.1) is 0 Å². The van der Waals surface area contributed by atoms with Crippen LogP contribution in [-0.4, -0.2) is 6.54 Å². The smallest absolute Gasteiger partial charge is 0.106 e. The van der Waals surface area contributed by atoms with Crippen LogP contribution in [0.15, 0.2) is 28.7 Å². The van der Waals surface area contributed by atoms with Crippen molar-refractivity contribution in [3.05, 3.63) is 58.0 Å². The second-order valence-corrected chi connectivity index (χ2v) is 5.74. The van der Waals surface area contributed by atoms with Crippen LogP contribution in [0.3, 0.4) is 0 Å². The van der Waals surface area contributed by atoms with Crippen molar-refractivity contribution in [3.8, 4) is 0 Å². The van der Waals surface area contributed by atoms with Crippen LogP contribution in [0.25, 0.3) is 0 Å². The highest BCUT2D eigenvalue weighted by molar-refractivity contribution is 5.41. The molecule has 114 valence electrons. The Kier molecular flexibility index (Phi) is 5.24. The quantitative estimate of drug-likeness (QED) is 0.820. The minimum Gasteiger partial charge on any atom is -0.466 e. The Morgan fingerprint density at radius 1 is 1.10 bits per heavy atom. The van der Waals surface area contributed by atoms with E-state index in [1.54, 1.807) is 0 Å². The summed E-state index contributed by atoms with van der Waals surface area (Å²) < 4.78 is 5.83. The maximum absolute atomic E-state index is 5.83. The van der Waals surface area contributed by atoms with E-state index >= 15 is 0 Å². The highest BCUT2D eigenvalue weighted by atomic mass is 16.3. The second-order valence-electron chi connectivity index (χ2n) is 5.74. The first-order valence-electron chi connectivity index (χ1n) is 7.97. The third-order valence-corrected chi connectivity index (χ3v) is 4.14. The van der Waals surface area contributed by atoms with Crippen LogP contribution in [0.5, 0.6) is 0 Å². The van der Waals surface area contributed by atoms with E-state index in [1.165, 1.54) is 28.7 Å². The molecule has 1 atom stereocenters. The summed E-state index contributed by atoms with van der Waals surface area (Å²) in [6, 6.07) is 9.15. The number of rotatable bonds is 6. The summed E-state index contributed by atoms with van der Waals surface area (Å²) in [5.74, 6) is 2.05. The number of aryl methyl sites for hydroxylation is 3. The first-order chi connectivity index (χ1) is 10.1. The molecular weight excluding hydrogens is 258 g/mol. The molecule has 0 fully saturated rings. The van der Waals surface area contributed by atoms with E-state index < -0.39 is 0 Å². The number of furan rings is 1. The average Bonchev–Trinajstić information content (AvgIpc) is 2.71. The van der Waals surface area contributed by atoms with E-state index in [0.717, 1.165) is 24.5 Å². The summed E-state index contributed by atoms with van der Waals surface area (Å²) in [5.41, 5.74) is 5.30. The summed E-state index contributed by atoms with van der Waals surface area (Å²) in [6.45, 7) is 11.6. The minimum absolute atomic E-state index is 0.212. The zero-order chi connectivity index (χ0) is 15.4. The van der Waals surface area contributed by atoms with Crippen molar-refractivity contribution in [2.45, 2.75) is 53.5 Å². The van der Waals surface area contributed by atoms with Crippen molar-refractivity contribution in [2.75, 3.05) is 6.54 Å². The molecular formula is C19H27NO. The van der Waals surface area contributed by atoms with Gasteiger partial charge in [0.15, 0.2) is 0 Å². The van der Waals surface area contributed by atoms with Gasteiger partial charge >= 0.3 is 0 Å². The van der Waals surface area contributed by atoms with Gasteiger partial charge < -0.3 is 9.73 Å². The predicted octanol–water partition coefficient (Wildman–Crippen LogP) is 4.86. The van der Waals surface area contributed by atoms with E-state index in [1.807, 2.05) is 6.92 Å². The van der Waals surface area contributed by atoms with E-state index in [4.69, 9.17) is 4.42 Å². The van der Waals surface area contributed by atoms with Crippen LogP contribution in [-0.2, 0) is 6.42 Å². The summed E-state index contributed by atoms with van der Waals surface area (Å²) in [6.07, 6.45) is 2.31. The summed E-state index contributed by atoms with van der Waals surface area (Å²) >= 11 is 0. The van der Waals surface area contributed by atoms with E-state index in [0.29, 0.717) is 0 Å².